The molecular formula is C14H9BrN4O. The van der Waals surface area contributed by atoms with Gasteiger partial charge in [-0.3, -0.25) is 4.79 Å². The highest BCUT2D eigenvalue weighted by Crippen LogP contribution is 2.28. The van der Waals surface area contributed by atoms with Crippen LogP contribution in [0, 0.1) is 0 Å². The van der Waals surface area contributed by atoms with Gasteiger partial charge in [0.15, 0.2) is 5.65 Å². The number of hydrogen-bond donors (Lipinski definition) is 1. The molecule has 1 aromatic carbocycles. The summed E-state index contributed by atoms with van der Waals surface area (Å²) in [6, 6.07) is 9.74. The Labute approximate surface area is 122 Å². The topological polar surface area (TPSA) is 59.3 Å². The van der Waals surface area contributed by atoms with E-state index in [1.54, 1.807) is 10.7 Å². The predicted octanol–water partition coefficient (Wildman–Crippen LogP) is 2.65. The lowest BCUT2D eigenvalue weighted by atomic mass is 10.1. The third kappa shape index (κ3) is 1.72. The molecule has 0 saturated carbocycles. The maximum Gasteiger partial charge on any atom is 0.228 e. The number of aromatic nitrogens is 3. The molecule has 4 rings (SSSR count). The fourth-order valence-corrected chi connectivity index (χ4v) is 2.75. The highest BCUT2D eigenvalue weighted by molar-refractivity contribution is 9.10. The van der Waals surface area contributed by atoms with Gasteiger partial charge in [0.25, 0.3) is 0 Å². The first kappa shape index (κ1) is 11.6. The molecule has 3 heterocycles. The number of anilines is 1. The van der Waals surface area contributed by atoms with Crippen molar-refractivity contribution in [3.63, 3.8) is 0 Å². The first-order valence-electron chi connectivity index (χ1n) is 6.14. The number of rotatable bonds is 1. The molecule has 20 heavy (non-hydrogen) atoms. The molecule has 0 fully saturated rings. The zero-order chi connectivity index (χ0) is 13.7. The number of halogens is 1. The fourth-order valence-electron chi connectivity index (χ4n) is 2.39. The van der Waals surface area contributed by atoms with Gasteiger partial charge < -0.3 is 5.32 Å². The number of carbonyl (C=O) groups is 1. The lowest BCUT2D eigenvalue weighted by molar-refractivity contribution is -0.115. The molecule has 98 valence electrons. The van der Waals surface area contributed by atoms with Gasteiger partial charge in [-0.15, -0.1) is 0 Å². The molecular weight excluding hydrogens is 320 g/mol. The van der Waals surface area contributed by atoms with Crippen LogP contribution in [0.1, 0.15) is 5.56 Å². The summed E-state index contributed by atoms with van der Waals surface area (Å²) >= 11 is 3.41. The van der Waals surface area contributed by atoms with Crippen molar-refractivity contribution in [2.45, 2.75) is 6.42 Å². The highest BCUT2D eigenvalue weighted by atomic mass is 79.9. The summed E-state index contributed by atoms with van der Waals surface area (Å²) in [5, 5.41) is 7.38. The smallest absolute Gasteiger partial charge is 0.228 e. The van der Waals surface area contributed by atoms with Crippen molar-refractivity contribution in [1.82, 2.24) is 14.6 Å². The SMILES string of the molecule is O=C1Cc2cc(-c3ccc4ncc(Br)n4n3)ccc2N1. The highest BCUT2D eigenvalue weighted by Gasteiger charge is 2.18. The Balaban J connectivity index is 1.85. The van der Waals surface area contributed by atoms with Gasteiger partial charge in [0.05, 0.1) is 18.3 Å². The molecule has 3 aromatic rings. The number of benzene rings is 1. The van der Waals surface area contributed by atoms with Crippen molar-refractivity contribution in [2.24, 2.45) is 0 Å². The molecule has 0 radical (unpaired) electrons. The van der Waals surface area contributed by atoms with Gasteiger partial charge in [-0.2, -0.15) is 5.10 Å². The summed E-state index contributed by atoms with van der Waals surface area (Å²) in [7, 11) is 0. The van der Waals surface area contributed by atoms with E-state index in [2.05, 4.69) is 31.3 Å². The largest absolute Gasteiger partial charge is 0.326 e. The Morgan fingerprint density at radius 3 is 3.05 bits per heavy atom. The van der Waals surface area contributed by atoms with E-state index >= 15 is 0 Å². The van der Waals surface area contributed by atoms with Crippen LogP contribution < -0.4 is 5.32 Å². The Kier molecular flexibility index (Phi) is 2.40. The summed E-state index contributed by atoms with van der Waals surface area (Å²) in [6.07, 6.45) is 2.15. The molecule has 0 spiro atoms. The molecule has 1 amide bonds. The molecule has 0 atom stereocenters. The second-order valence-electron chi connectivity index (χ2n) is 4.67. The van der Waals surface area contributed by atoms with Crippen molar-refractivity contribution in [3.8, 4) is 11.3 Å². The lowest BCUT2D eigenvalue weighted by Gasteiger charge is -2.04. The second kappa shape index (κ2) is 4.14. The molecule has 0 saturated heterocycles. The quantitative estimate of drug-likeness (QED) is 0.747. The monoisotopic (exact) mass is 328 g/mol. The van der Waals surface area contributed by atoms with Crippen molar-refractivity contribution in [3.05, 3.63) is 46.7 Å². The third-order valence-electron chi connectivity index (χ3n) is 3.35. The molecule has 1 N–H and O–H groups in total. The Bertz CT molecular complexity index is 856. The number of hydrogen-bond acceptors (Lipinski definition) is 3. The van der Waals surface area contributed by atoms with E-state index < -0.39 is 0 Å². The lowest BCUT2D eigenvalue weighted by Crippen LogP contribution is -2.03. The number of nitrogens with one attached hydrogen (secondary N) is 1. The Hall–Kier alpha value is -2.21. The fraction of sp³-hybridized carbons (Fsp3) is 0.0714. The van der Waals surface area contributed by atoms with Crippen LogP contribution in [0.15, 0.2) is 41.1 Å². The third-order valence-corrected chi connectivity index (χ3v) is 3.89. The van der Waals surface area contributed by atoms with Gasteiger partial charge in [0, 0.05) is 11.3 Å². The molecule has 1 aliphatic heterocycles. The van der Waals surface area contributed by atoms with Crippen LogP contribution in [0.25, 0.3) is 16.9 Å². The zero-order valence-corrected chi connectivity index (χ0v) is 11.9. The van der Waals surface area contributed by atoms with Gasteiger partial charge in [-0.25, -0.2) is 9.50 Å². The average molecular weight is 329 g/mol. The molecule has 0 bridgehead atoms. The number of imidazole rings is 1. The number of carbonyl (C=O) groups excluding carboxylic acids is 1. The van der Waals surface area contributed by atoms with Crippen molar-refractivity contribution >= 4 is 33.2 Å². The van der Waals surface area contributed by atoms with E-state index in [9.17, 15) is 4.79 Å². The molecule has 6 heteroatoms. The van der Waals surface area contributed by atoms with Crippen molar-refractivity contribution in [1.29, 1.82) is 0 Å². The van der Waals surface area contributed by atoms with E-state index in [0.29, 0.717) is 6.42 Å². The van der Waals surface area contributed by atoms with E-state index in [0.717, 1.165) is 32.8 Å². The van der Waals surface area contributed by atoms with Crippen LogP contribution in [0.4, 0.5) is 5.69 Å². The molecule has 1 aliphatic rings. The molecule has 0 unspecified atom stereocenters. The van der Waals surface area contributed by atoms with Crippen LogP contribution in [0.2, 0.25) is 0 Å². The number of fused-ring (bicyclic) bond motifs is 2. The average Bonchev–Trinajstić information content (AvgIpc) is 3.00. The second-order valence-corrected chi connectivity index (χ2v) is 5.48. The Morgan fingerprint density at radius 2 is 2.15 bits per heavy atom. The van der Waals surface area contributed by atoms with E-state index in [1.807, 2.05) is 30.3 Å². The van der Waals surface area contributed by atoms with Crippen molar-refractivity contribution < 1.29 is 4.79 Å². The summed E-state index contributed by atoms with van der Waals surface area (Å²) in [6.45, 7) is 0. The van der Waals surface area contributed by atoms with Gasteiger partial charge in [-0.05, 0) is 45.8 Å². The number of amides is 1. The molecule has 0 aliphatic carbocycles. The summed E-state index contributed by atoms with van der Waals surface area (Å²) in [4.78, 5) is 15.6. The summed E-state index contributed by atoms with van der Waals surface area (Å²) < 4.78 is 2.55. The first-order valence-corrected chi connectivity index (χ1v) is 6.93. The summed E-state index contributed by atoms with van der Waals surface area (Å²) in [5.41, 5.74) is 4.53. The first-order chi connectivity index (χ1) is 9.70. The van der Waals surface area contributed by atoms with Gasteiger partial charge in [-0.1, -0.05) is 6.07 Å². The maximum atomic E-state index is 11.4. The van der Waals surface area contributed by atoms with Gasteiger partial charge in [0.1, 0.15) is 4.60 Å². The summed E-state index contributed by atoms with van der Waals surface area (Å²) in [5.74, 6) is 0.0397. The minimum atomic E-state index is 0.0397. The minimum absolute atomic E-state index is 0.0397. The number of nitrogens with zero attached hydrogens (tertiary/aromatic N) is 3. The normalized spacial score (nSPS) is 13.6. The standard InChI is InChI=1S/C14H9BrN4O/c15-12-7-16-13-4-3-11(18-19(12)13)8-1-2-10-9(5-8)6-14(20)17-10/h1-5,7H,6H2,(H,17,20). The van der Waals surface area contributed by atoms with E-state index in [1.165, 1.54) is 0 Å². The van der Waals surface area contributed by atoms with Crippen molar-refractivity contribution in [2.75, 3.05) is 5.32 Å². The maximum absolute atomic E-state index is 11.4. The molecule has 2 aromatic heterocycles. The van der Waals surface area contributed by atoms with Crippen LogP contribution in [-0.4, -0.2) is 20.5 Å². The van der Waals surface area contributed by atoms with Gasteiger partial charge >= 0.3 is 0 Å². The van der Waals surface area contributed by atoms with Gasteiger partial charge in [0.2, 0.25) is 5.91 Å². The Morgan fingerprint density at radius 1 is 1.25 bits per heavy atom. The predicted molar refractivity (Wildman–Crippen MR) is 78.5 cm³/mol. The van der Waals surface area contributed by atoms with Crippen LogP contribution in [-0.2, 0) is 11.2 Å². The van der Waals surface area contributed by atoms with Crippen LogP contribution in [0.5, 0.6) is 0 Å². The molecule has 5 nitrogen and oxygen atoms in total. The van der Waals surface area contributed by atoms with Crippen LogP contribution in [0.3, 0.4) is 0 Å². The van der Waals surface area contributed by atoms with E-state index in [4.69, 9.17) is 0 Å². The zero-order valence-electron chi connectivity index (χ0n) is 10.3. The van der Waals surface area contributed by atoms with E-state index in [-0.39, 0.29) is 5.91 Å². The van der Waals surface area contributed by atoms with Crippen LogP contribution >= 0.6 is 15.9 Å². The minimum Gasteiger partial charge on any atom is -0.326 e.